The first-order valence-corrected chi connectivity index (χ1v) is 6.02. The van der Waals surface area contributed by atoms with Crippen molar-refractivity contribution >= 4 is 0 Å². The Morgan fingerprint density at radius 3 is 2.88 bits per heavy atom. The summed E-state index contributed by atoms with van der Waals surface area (Å²) in [7, 11) is 0. The maximum atomic E-state index is 10.4. The number of ether oxygens (including phenoxy) is 1. The molecule has 1 aliphatic heterocycles. The van der Waals surface area contributed by atoms with Crippen LogP contribution in [0, 0.1) is 12.8 Å². The van der Waals surface area contributed by atoms with Gasteiger partial charge in [-0.25, -0.2) is 0 Å². The second-order valence-electron chi connectivity index (χ2n) is 4.42. The minimum atomic E-state index is -0.398. The van der Waals surface area contributed by atoms with Crippen molar-refractivity contribution in [1.82, 2.24) is 9.78 Å². The van der Waals surface area contributed by atoms with Gasteiger partial charge in [0.2, 0.25) is 0 Å². The monoisotopic (exact) mass is 224 g/mol. The first-order valence-electron chi connectivity index (χ1n) is 6.02. The van der Waals surface area contributed by atoms with Gasteiger partial charge in [-0.2, -0.15) is 5.10 Å². The predicted octanol–water partition coefficient (Wildman–Crippen LogP) is 1.67. The number of hydrogen-bond acceptors (Lipinski definition) is 3. The van der Waals surface area contributed by atoms with Crippen molar-refractivity contribution in [2.75, 3.05) is 13.2 Å². The summed E-state index contributed by atoms with van der Waals surface area (Å²) in [6.45, 7) is 6.35. The van der Waals surface area contributed by atoms with Crippen LogP contribution in [0.5, 0.6) is 0 Å². The fourth-order valence-electron chi connectivity index (χ4n) is 2.33. The average molecular weight is 224 g/mol. The lowest BCUT2D eigenvalue weighted by Crippen LogP contribution is -2.23. The normalized spacial score (nSPS) is 19.9. The van der Waals surface area contributed by atoms with E-state index in [0.717, 1.165) is 44.0 Å². The molecule has 4 nitrogen and oxygen atoms in total. The molecule has 0 aromatic carbocycles. The third-order valence-corrected chi connectivity index (χ3v) is 3.25. The number of aryl methyl sites for hydroxylation is 2. The molecule has 2 heterocycles. The molecule has 1 aromatic heterocycles. The molecule has 1 aliphatic rings. The van der Waals surface area contributed by atoms with E-state index in [1.165, 1.54) is 0 Å². The fraction of sp³-hybridized carbons (Fsp3) is 0.750. The molecule has 0 spiro atoms. The van der Waals surface area contributed by atoms with Gasteiger partial charge in [-0.15, -0.1) is 0 Å². The Morgan fingerprint density at radius 1 is 1.56 bits per heavy atom. The Hall–Kier alpha value is -0.870. The van der Waals surface area contributed by atoms with Crippen LogP contribution in [0.15, 0.2) is 6.07 Å². The summed E-state index contributed by atoms with van der Waals surface area (Å²) in [4.78, 5) is 0. The van der Waals surface area contributed by atoms with E-state index in [0.29, 0.717) is 5.92 Å². The van der Waals surface area contributed by atoms with Crippen molar-refractivity contribution in [2.45, 2.75) is 39.3 Å². The molecule has 1 aromatic rings. The van der Waals surface area contributed by atoms with Gasteiger partial charge in [0.15, 0.2) is 0 Å². The lowest BCUT2D eigenvalue weighted by molar-refractivity contribution is 0.00388. The van der Waals surface area contributed by atoms with Crippen LogP contribution in [0.1, 0.15) is 37.3 Å². The van der Waals surface area contributed by atoms with Gasteiger partial charge in [-0.05, 0) is 38.7 Å². The van der Waals surface area contributed by atoms with Gasteiger partial charge in [-0.3, -0.25) is 4.68 Å². The molecule has 4 heteroatoms. The quantitative estimate of drug-likeness (QED) is 0.849. The lowest BCUT2D eigenvalue weighted by Gasteiger charge is -2.26. The summed E-state index contributed by atoms with van der Waals surface area (Å²) in [5, 5.41) is 14.7. The van der Waals surface area contributed by atoms with Gasteiger partial charge >= 0.3 is 0 Å². The van der Waals surface area contributed by atoms with Gasteiger partial charge in [0.1, 0.15) is 0 Å². The third kappa shape index (κ3) is 2.28. The second kappa shape index (κ2) is 4.97. The van der Waals surface area contributed by atoms with Crippen molar-refractivity contribution in [2.24, 2.45) is 5.92 Å². The molecule has 0 aliphatic carbocycles. The Kier molecular flexibility index (Phi) is 3.61. The summed E-state index contributed by atoms with van der Waals surface area (Å²) in [5.41, 5.74) is 1.93. The Bertz CT molecular complexity index is 343. The van der Waals surface area contributed by atoms with Crippen LogP contribution >= 0.6 is 0 Å². The molecule has 1 fully saturated rings. The number of aromatic nitrogens is 2. The van der Waals surface area contributed by atoms with E-state index in [9.17, 15) is 5.11 Å². The largest absolute Gasteiger partial charge is 0.387 e. The van der Waals surface area contributed by atoms with E-state index < -0.39 is 6.10 Å². The molecule has 1 saturated heterocycles. The van der Waals surface area contributed by atoms with Crippen LogP contribution in [0.3, 0.4) is 0 Å². The summed E-state index contributed by atoms with van der Waals surface area (Å²) < 4.78 is 7.21. The van der Waals surface area contributed by atoms with Crippen molar-refractivity contribution in [3.8, 4) is 0 Å². The maximum absolute atomic E-state index is 10.4. The SMILES string of the molecule is CCn1nc(C)cc1C(O)C1CCOCC1. The highest BCUT2D eigenvalue weighted by Gasteiger charge is 2.26. The zero-order chi connectivity index (χ0) is 11.5. The molecular weight excluding hydrogens is 204 g/mol. The zero-order valence-electron chi connectivity index (χ0n) is 10.0. The van der Waals surface area contributed by atoms with Crippen molar-refractivity contribution < 1.29 is 9.84 Å². The summed E-state index contributed by atoms with van der Waals surface area (Å²) in [6.07, 6.45) is 1.48. The molecule has 1 atom stereocenters. The molecule has 0 bridgehead atoms. The van der Waals surface area contributed by atoms with Crippen LogP contribution in [0.25, 0.3) is 0 Å². The molecule has 0 radical (unpaired) electrons. The number of aliphatic hydroxyl groups is 1. The maximum Gasteiger partial charge on any atom is 0.0986 e. The molecule has 16 heavy (non-hydrogen) atoms. The first kappa shape index (κ1) is 11.6. The van der Waals surface area contributed by atoms with Gasteiger partial charge in [0, 0.05) is 19.8 Å². The minimum absolute atomic E-state index is 0.315. The molecule has 0 saturated carbocycles. The van der Waals surface area contributed by atoms with E-state index in [1.54, 1.807) is 0 Å². The number of rotatable bonds is 3. The van der Waals surface area contributed by atoms with E-state index in [2.05, 4.69) is 5.10 Å². The van der Waals surface area contributed by atoms with Gasteiger partial charge in [0.25, 0.3) is 0 Å². The molecule has 90 valence electrons. The summed E-state index contributed by atoms with van der Waals surface area (Å²) >= 11 is 0. The smallest absolute Gasteiger partial charge is 0.0986 e. The van der Waals surface area contributed by atoms with Gasteiger partial charge in [-0.1, -0.05) is 0 Å². The topological polar surface area (TPSA) is 47.3 Å². The molecule has 2 rings (SSSR count). The van der Waals surface area contributed by atoms with Crippen LogP contribution in [-0.4, -0.2) is 28.1 Å². The average Bonchev–Trinajstić information content (AvgIpc) is 2.70. The van der Waals surface area contributed by atoms with E-state index in [-0.39, 0.29) is 0 Å². The first-order chi connectivity index (χ1) is 7.72. The zero-order valence-corrected chi connectivity index (χ0v) is 10.0. The molecular formula is C12H20N2O2. The van der Waals surface area contributed by atoms with Crippen LogP contribution in [0.2, 0.25) is 0 Å². The Balaban J connectivity index is 2.14. The van der Waals surface area contributed by atoms with Crippen molar-refractivity contribution in [3.63, 3.8) is 0 Å². The van der Waals surface area contributed by atoms with Crippen LogP contribution < -0.4 is 0 Å². The summed E-state index contributed by atoms with van der Waals surface area (Å²) in [5.74, 6) is 0.315. The Labute approximate surface area is 96.2 Å². The van der Waals surface area contributed by atoms with Crippen LogP contribution in [-0.2, 0) is 11.3 Å². The van der Waals surface area contributed by atoms with Crippen molar-refractivity contribution in [3.05, 3.63) is 17.5 Å². The molecule has 1 unspecified atom stereocenters. The fourth-order valence-corrected chi connectivity index (χ4v) is 2.33. The highest BCUT2D eigenvalue weighted by molar-refractivity contribution is 5.12. The van der Waals surface area contributed by atoms with Crippen LogP contribution in [0.4, 0.5) is 0 Å². The van der Waals surface area contributed by atoms with E-state index in [4.69, 9.17) is 4.74 Å². The van der Waals surface area contributed by atoms with Gasteiger partial charge < -0.3 is 9.84 Å². The predicted molar refractivity (Wildman–Crippen MR) is 61.1 cm³/mol. The number of hydrogen-bond donors (Lipinski definition) is 1. The number of aliphatic hydroxyl groups excluding tert-OH is 1. The van der Waals surface area contributed by atoms with E-state index >= 15 is 0 Å². The Morgan fingerprint density at radius 2 is 2.25 bits per heavy atom. The highest BCUT2D eigenvalue weighted by atomic mass is 16.5. The molecule has 0 amide bonds. The standard InChI is InChI=1S/C12H20N2O2/c1-3-14-11(8-9(2)13-14)12(15)10-4-6-16-7-5-10/h8,10,12,15H,3-7H2,1-2H3. The highest BCUT2D eigenvalue weighted by Crippen LogP contribution is 2.30. The lowest BCUT2D eigenvalue weighted by atomic mass is 9.92. The third-order valence-electron chi connectivity index (χ3n) is 3.25. The van der Waals surface area contributed by atoms with Gasteiger partial charge in [0.05, 0.1) is 17.5 Å². The minimum Gasteiger partial charge on any atom is -0.387 e. The van der Waals surface area contributed by atoms with Crippen molar-refractivity contribution in [1.29, 1.82) is 0 Å². The number of nitrogens with zero attached hydrogens (tertiary/aromatic N) is 2. The van der Waals surface area contributed by atoms with E-state index in [1.807, 2.05) is 24.6 Å². The summed E-state index contributed by atoms with van der Waals surface area (Å²) in [6, 6.07) is 1.99. The second-order valence-corrected chi connectivity index (χ2v) is 4.42. The molecule has 1 N–H and O–H groups in total.